The van der Waals surface area contributed by atoms with Crippen molar-refractivity contribution in [3.63, 3.8) is 0 Å². The van der Waals surface area contributed by atoms with E-state index >= 15 is 0 Å². The van der Waals surface area contributed by atoms with Gasteiger partial charge < -0.3 is 9.84 Å². The predicted molar refractivity (Wildman–Crippen MR) is 208 cm³/mol. The summed E-state index contributed by atoms with van der Waals surface area (Å²) >= 11 is 0. The van der Waals surface area contributed by atoms with Crippen LogP contribution in [0.1, 0.15) is 251 Å². The van der Waals surface area contributed by atoms with Crippen LogP contribution in [-0.2, 0) is 9.53 Å². The third-order valence-corrected chi connectivity index (χ3v) is 9.97. The summed E-state index contributed by atoms with van der Waals surface area (Å²) in [5.41, 5.74) is 0. The van der Waals surface area contributed by atoms with E-state index in [1.807, 2.05) is 6.08 Å². The fourth-order valence-corrected chi connectivity index (χ4v) is 6.69. The molecule has 0 aliphatic heterocycles. The monoisotopic (exact) mass is 663 g/mol. The molecule has 3 nitrogen and oxygen atoms in total. The summed E-state index contributed by atoms with van der Waals surface area (Å²) in [6.45, 7) is 5.15. The lowest BCUT2D eigenvalue weighted by molar-refractivity contribution is -0.143. The van der Waals surface area contributed by atoms with Crippen LogP contribution < -0.4 is 0 Å². The Hall–Kier alpha value is -0.830. The highest BCUT2D eigenvalue weighted by Gasteiger charge is 2.03. The minimum Gasteiger partial charge on any atom is -0.466 e. The van der Waals surface area contributed by atoms with Gasteiger partial charge >= 0.3 is 5.97 Å². The molecule has 0 aliphatic carbocycles. The lowest BCUT2D eigenvalue weighted by atomic mass is 10.0. The fraction of sp³-hybridized carbons (Fsp3) is 0.932. The highest BCUT2D eigenvalue weighted by atomic mass is 16.5. The van der Waals surface area contributed by atoms with E-state index in [1.54, 1.807) is 0 Å². The van der Waals surface area contributed by atoms with E-state index in [9.17, 15) is 9.90 Å². The smallest absolute Gasteiger partial charge is 0.305 e. The van der Waals surface area contributed by atoms with E-state index in [2.05, 4.69) is 19.9 Å². The number of carbonyl (C=O) groups is 1. The molecule has 0 radical (unpaired) electrons. The van der Waals surface area contributed by atoms with Crippen molar-refractivity contribution in [2.24, 2.45) is 0 Å². The Morgan fingerprint density at radius 2 is 0.809 bits per heavy atom. The van der Waals surface area contributed by atoms with E-state index in [4.69, 9.17) is 4.74 Å². The van der Waals surface area contributed by atoms with Gasteiger partial charge in [0, 0.05) is 6.42 Å². The van der Waals surface area contributed by atoms with Gasteiger partial charge in [0.15, 0.2) is 0 Å². The van der Waals surface area contributed by atoms with E-state index in [0.717, 1.165) is 44.9 Å². The summed E-state index contributed by atoms with van der Waals surface area (Å²) in [7, 11) is 0. The van der Waals surface area contributed by atoms with Crippen LogP contribution in [0.5, 0.6) is 0 Å². The van der Waals surface area contributed by atoms with E-state index < -0.39 is 0 Å². The number of aliphatic hydroxyl groups is 1. The molecule has 0 aliphatic rings. The molecule has 0 aromatic carbocycles. The summed E-state index contributed by atoms with van der Waals surface area (Å²) < 4.78 is 5.44. The molecule has 0 amide bonds. The number of aliphatic hydroxyl groups excluding tert-OH is 1. The number of hydrogen-bond donors (Lipinski definition) is 1. The zero-order valence-electron chi connectivity index (χ0n) is 32.4. The Morgan fingerprint density at radius 3 is 1.21 bits per heavy atom. The maximum Gasteiger partial charge on any atom is 0.305 e. The third-order valence-electron chi connectivity index (χ3n) is 9.97. The zero-order valence-corrected chi connectivity index (χ0v) is 32.4. The molecule has 280 valence electrons. The molecule has 1 atom stereocenters. The summed E-state index contributed by atoms with van der Waals surface area (Å²) in [4.78, 5) is 12.0. The van der Waals surface area contributed by atoms with E-state index in [0.29, 0.717) is 13.0 Å². The van der Waals surface area contributed by atoms with Gasteiger partial charge in [-0.15, -0.1) is 0 Å². The number of carbonyl (C=O) groups excluding carboxylic acids is 1. The van der Waals surface area contributed by atoms with Gasteiger partial charge in [-0.1, -0.05) is 225 Å². The second kappa shape index (κ2) is 41.3. The van der Waals surface area contributed by atoms with Crippen LogP contribution >= 0.6 is 0 Å². The molecular weight excluding hydrogens is 576 g/mol. The summed E-state index contributed by atoms with van der Waals surface area (Å²) in [5, 5.41) is 10.1. The molecule has 0 rings (SSSR count). The highest BCUT2D eigenvalue weighted by molar-refractivity contribution is 5.69. The first-order valence-corrected chi connectivity index (χ1v) is 21.7. The van der Waals surface area contributed by atoms with Gasteiger partial charge in [0.05, 0.1) is 12.7 Å². The molecule has 0 aromatic heterocycles. The Balaban J connectivity index is 3.24. The molecule has 0 aromatic rings. The van der Waals surface area contributed by atoms with Crippen molar-refractivity contribution in [3.05, 3.63) is 12.2 Å². The van der Waals surface area contributed by atoms with Gasteiger partial charge in [-0.25, -0.2) is 0 Å². The first kappa shape index (κ1) is 46.2. The van der Waals surface area contributed by atoms with Gasteiger partial charge in [-0.3, -0.25) is 4.79 Å². The normalized spacial score (nSPS) is 12.3. The molecule has 0 bridgehead atoms. The second-order valence-electron chi connectivity index (χ2n) is 14.9. The number of esters is 1. The van der Waals surface area contributed by atoms with E-state index in [-0.39, 0.29) is 12.1 Å². The molecule has 3 heteroatoms. The molecule has 0 spiro atoms. The van der Waals surface area contributed by atoms with Crippen LogP contribution in [-0.4, -0.2) is 23.8 Å². The van der Waals surface area contributed by atoms with Crippen LogP contribution in [0.4, 0.5) is 0 Å². The molecular formula is C44H86O3. The maximum atomic E-state index is 12.0. The Kier molecular flexibility index (Phi) is 40.6. The SMILES string of the molecule is CCCCCCCCCCCCCCCCCCCCCCCCCOC(=O)CCCCC/C=C\[C@H](O)CCCCCCCCCC. The molecule has 1 N–H and O–H groups in total. The van der Waals surface area contributed by atoms with Crippen molar-refractivity contribution in [1.29, 1.82) is 0 Å². The Morgan fingerprint density at radius 1 is 0.468 bits per heavy atom. The van der Waals surface area contributed by atoms with Crippen molar-refractivity contribution in [3.8, 4) is 0 Å². The lowest BCUT2D eigenvalue weighted by Gasteiger charge is -2.06. The van der Waals surface area contributed by atoms with Crippen LogP contribution in [0.2, 0.25) is 0 Å². The first-order valence-electron chi connectivity index (χ1n) is 21.7. The Bertz CT molecular complexity index is 615. The second-order valence-corrected chi connectivity index (χ2v) is 14.9. The van der Waals surface area contributed by atoms with Gasteiger partial charge in [-0.05, 0) is 32.1 Å². The zero-order chi connectivity index (χ0) is 34.1. The number of allylic oxidation sites excluding steroid dienone is 1. The van der Waals surface area contributed by atoms with Crippen molar-refractivity contribution >= 4 is 5.97 Å². The summed E-state index contributed by atoms with van der Waals surface area (Å²) in [5.74, 6) is -0.0277. The molecule has 0 saturated carbocycles. The Labute approximate surface area is 296 Å². The van der Waals surface area contributed by atoms with Crippen LogP contribution in [0.3, 0.4) is 0 Å². The largest absolute Gasteiger partial charge is 0.466 e. The molecule has 0 fully saturated rings. The van der Waals surface area contributed by atoms with Crippen molar-refractivity contribution < 1.29 is 14.6 Å². The molecule has 0 unspecified atom stereocenters. The standard InChI is InChI=1S/C44H86O3/c1-3-5-7-9-11-13-14-15-16-17-18-19-20-21-22-23-24-25-26-27-29-34-38-42-47-44(46)41-37-33-30-32-36-40-43(45)39-35-31-28-12-10-8-6-4-2/h36,40,43,45H,3-35,37-39,41-42H2,1-2H3/b40-36-/t43-/m1/s1. The molecule has 47 heavy (non-hydrogen) atoms. The van der Waals surface area contributed by atoms with Crippen molar-refractivity contribution in [2.75, 3.05) is 6.61 Å². The quantitative estimate of drug-likeness (QED) is 0.0403. The minimum atomic E-state index is -0.293. The summed E-state index contributed by atoms with van der Waals surface area (Å²) in [6, 6.07) is 0. The van der Waals surface area contributed by atoms with Crippen molar-refractivity contribution in [2.45, 2.75) is 258 Å². The third kappa shape index (κ3) is 41.3. The fourth-order valence-electron chi connectivity index (χ4n) is 6.69. The van der Waals surface area contributed by atoms with Gasteiger partial charge in [0.1, 0.15) is 0 Å². The molecule has 0 heterocycles. The van der Waals surface area contributed by atoms with E-state index in [1.165, 1.54) is 186 Å². The topological polar surface area (TPSA) is 46.5 Å². The van der Waals surface area contributed by atoms with Crippen LogP contribution in [0.25, 0.3) is 0 Å². The highest BCUT2D eigenvalue weighted by Crippen LogP contribution is 2.16. The lowest BCUT2D eigenvalue weighted by Crippen LogP contribution is -2.05. The maximum absolute atomic E-state index is 12.0. The number of unbranched alkanes of at least 4 members (excludes halogenated alkanes) is 32. The first-order chi connectivity index (χ1) is 23.2. The van der Waals surface area contributed by atoms with Gasteiger partial charge in [-0.2, -0.15) is 0 Å². The molecule has 0 saturated heterocycles. The van der Waals surface area contributed by atoms with Crippen LogP contribution in [0, 0.1) is 0 Å². The predicted octanol–water partition coefficient (Wildman–Crippen LogP) is 14.9. The van der Waals surface area contributed by atoms with Gasteiger partial charge in [0.25, 0.3) is 0 Å². The average Bonchev–Trinajstić information content (AvgIpc) is 3.07. The van der Waals surface area contributed by atoms with Gasteiger partial charge in [0.2, 0.25) is 0 Å². The number of ether oxygens (including phenoxy) is 1. The minimum absolute atomic E-state index is 0.0277. The van der Waals surface area contributed by atoms with Crippen molar-refractivity contribution in [1.82, 2.24) is 0 Å². The number of hydrogen-bond acceptors (Lipinski definition) is 3. The van der Waals surface area contributed by atoms with Crippen LogP contribution in [0.15, 0.2) is 12.2 Å². The number of rotatable bonds is 40. The average molecular weight is 663 g/mol. The summed E-state index contributed by atoms with van der Waals surface area (Å²) in [6.07, 6.45) is 51.8.